The third-order valence-electron chi connectivity index (χ3n) is 4.86. The molecule has 2 amide bonds. The molecule has 1 fully saturated rings. The second-order valence-electron chi connectivity index (χ2n) is 6.90. The molecule has 2 aromatic rings. The number of carbonyl (C=O) groups is 2. The highest BCUT2D eigenvalue weighted by Gasteiger charge is 2.30. The van der Waals surface area contributed by atoms with E-state index in [2.05, 4.69) is 31.1 Å². The number of nitrogens with one attached hydrogen (secondary N) is 3. The lowest BCUT2D eigenvalue weighted by molar-refractivity contribution is 0.0972. The zero-order chi connectivity index (χ0) is 19.4. The number of hydrogen-bond acceptors (Lipinski definition) is 6. The van der Waals surface area contributed by atoms with Crippen molar-refractivity contribution in [1.82, 2.24) is 30.5 Å². The van der Waals surface area contributed by atoms with Gasteiger partial charge in [-0.05, 0) is 32.6 Å². The van der Waals surface area contributed by atoms with E-state index in [1.54, 1.807) is 7.05 Å². The van der Waals surface area contributed by atoms with Gasteiger partial charge in [-0.2, -0.15) is 5.10 Å². The number of H-pyrrole nitrogens is 1. The topological polar surface area (TPSA) is 127 Å². The number of aromatic amines is 1. The van der Waals surface area contributed by atoms with Gasteiger partial charge >= 0.3 is 6.09 Å². The molecule has 0 aliphatic heterocycles. The smallest absolute Gasteiger partial charge is 0.407 e. The quantitative estimate of drug-likeness (QED) is 0.708. The molecule has 1 saturated carbocycles. The van der Waals surface area contributed by atoms with E-state index in [4.69, 9.17) is 4.74 Å². The summed E-state index contributed by atoms with van der Waals surface area (Å²) in [6.07, 6.45) is 4.21. The molecule has 3 atom stereocenters. The van der Waals surface area contributed by atoms with Gasteiger partial charge in [0, 0.05) is 30.8 Å². The summed E-state index contributed by atoms with van der Waals surface area (Å²) in [5.74, 6) is 0.327. The highest BCUT2D eigenvalue weighted by Crippen LogP contribution is 2.35. The van der Waals surface area contributed by atoms with Crippen molar-refractivity contribution in [2.45, 2.75) is 57.6 Å². The Hall–Kier alpha value is -2.91. The van der Waals surface area contributed by atoms with Crippen LogP contribution >= 0.6 is 0 Å². The maximum Gasteiger partial charge on any atom is 0.407 e. The van der Waals surface area contributed by atoms with Crippen molar-refractivity contribution in [3.05, 3.63) is 23.7 Å². The summed E-state index contributed by atoms with van der Waals surface area (Å²) in [4.78, 5) is 24.0. The number of aromatic nitrogens is 5. The van der Waals surface area contributed by atoms with Gasteiger partial charge in [-0.1, -0.05) is 12.1 Å². The number of hydrogen-bond donors (Lipinski definition) is 3. The highest BCUT2D eigenvalue weighted by atomic mass is 16.6. The second kappa shape index (κ2) is 8.19. The Balaban J connectivity index is 1.52. The lowest BCUT2D eigenvalue weighted by Crippen LogP contribution is -2.34. The van der Waals surface area contributed by atoms with Gasteiger partial charge < -0.3 is 15.4 Å². The fourth-order valence-electron chi connectivity index (χ4n) is 3.10. The summed E-state index contributed by atoms with van der Waals surface area (Å²) in [7, 11) is 1.65. The van der Waals surface area contributed by atoms with Crippen LogP contribution in [0, 0.1) is 0 Å². The Kier molecular flexibility index (Phi) is 5.72. The first-order chi connectivity index (χ1) is 13.0. The van der Waals surface area contributed by atoms with Gasteiger partial charge in [0.2, 0.25) is 0 Å². The van der Waals surface area contributed by atoms with Crippen LogP contribution in [0.2, 0.25) is 0 Å². The molecular weight excluding hydrogens is 350 g/mol. The van der Waals surface area contributed by atoms with Crippen LogP contribution in [0.3, 0.4) is 0 Å². The summed E-state index contributed by atoms with van der Waals surface area (Å²) < 4.78 is 6.89. The maximum absolute atomic E-state index is 12.2. The van der Waals surface area contributed by atoms with E-state index in [1.807, 2.05) is 19.9 Å². The van der Waals surface area contributed by atoms with E-state index in [-0.39, 0.29) is 30.1 Å². The molecule has 3 rings (SSSR count). The van der Waals surface area contributed by atoms with Gasteiger partial charge in [0.25, 0.3) is 5.91 Å². The minimum atomic E-state index is -0.364. The second-order valence-corrected chi connectivity index (χ2v) is 6.90. The van der Waals surface area contributed by atoms with Crippen molar-refractivity contribution in [2.24, 2.45) is 7.05 Å². The van der Waals surface area contributed by atoms with Crippen LogP contribution < -0.4 is 10.6 Å². The molecular formula is C17H25N7O3. The SMILES string of the molecule is CC[C@H](C)NC(=O)O[C@@H]1CC[C@H](c2cc(NC(=O)c3cnnn3C)n[nH]2)C1. The third kappa shape index (κ3) is 4.63. The van der Waals surface area contributed by atoms with E-state index in [0.29, 0.717) is 11.5 Å². The molecule has 10 heteroatoms. The predicted octanol–water partition coefficient (Wildman–Crippen LogP) is 1.95. The minimum Gasteiger partial charge on any atom is -0.446 e. The molecule has 3 N–H and O–H groups in total. The molecule has 0 bridgehead atoms. The largest absolute Gasteiger partial charge is 0.446 e. The van der Waals surface area contributed by atoms with Crippen LogP contribution in [0.25, 0.3) is 0 Å². The molecule has 0 spiro atoms. The summed E-state index contributed by atoms with van der Waals surface area (Å²) in [6, 6.07) is 1.91. The monoisotopic (exact) mass is 375 g/mol. The highest BCUT2D eigenvalue weighted by molar-refractivity contribution is 6.02. The summed E-state index contributed by atoms with van der Waals surface area (Å²) in [6.45, 7) is 3.96. The van der Waals surface area contributed by atoms with Crippen molar-refractivity contribution >= 4 is 17.8 Å². The van der Waals surface area contributed by atoms with Crippen molar-refractivity contribution in [2.75, 3.05) is 5.32 Å². The van der Waals surface area contributed by atoms with Gasteiger partial charge in [0.05, 0.1) is 6.20 Å². The van der Waals surface area contributed by atoms with Gasteiger partial charge in [-0.3, -0.25) is 9.89 Å². The molecule has 0 unspecified atom stereocenters. The van der Waals surface area contributed by atoms with E-state index in [9.17, 15) is 9.59 Å². The molecule has 27 heavy (non-hydrogen) atoms. The zero-order valence-corrected chi connectivity index (χ0v) is 15.7. The average Bonchev–Trinajstić information content (AvgIpc) is 3.35. The number of amides is 2. The lowest BCUT2D eigenvalue weighted by Gasteiger charge is -2.16. The van der Waals surface area contributed by atoms with Crippen LogP contribution in [0.5, 0.6) is 0 Å². The van der Waals surface area contributed by atoms with Crippen LogP contribution in [-0.4, -0.2) is 49.3 Å². The minimum absolute atomic E-state index is 0.100. The molecule has 10 nitrogen and oxygen atoms in total. The summed E-state index contributed by atoms with van der Waals surface area (Å²) in [5, 5.41) is 20.1. The Morgan fingerprint density at radius 3 is 2.96 bits per heavy atom. The first-order valence-electron chi connectivity index (χ1n) is 9.14. The third-order valence-corrected chi connectivity index (χ3v) is 4.86. The Labute approximate surface area is 157 Å². The van der Waals surface area contributed by atoms with Gasteiger partial charge in [-0.25, -0.2) is 9.48 Å². The van der Waals surface area contributed by atoms with Crippen molar-refractivity contribution in [3.8, 4) is 0 Å². The van der Waals surface area contributed by atoms with Crippen LogP contribution in [0.15, 0.2) is 12.3 Å². The maximum atomic E-state index is 12.2. The van der Waals surface area contributed by atoms with Crippen LogP contribution in [-0.2, 0) is 11.8 Å². The van der Waals surface area contributed by atoms with Crippen molar-refractivity contribution < 1.29 is 14.3 Å². The number of rotatable bonds is 6. The molecule has 1 aliphatic rings. The number of anilines is 1. The van der Waals surface area contributed by atoms with Crippen LogP contribution in [0.1, 0.15) is 61.6 Å². The molecule has 146 valence electrons. The lowest BCUT2D eigenvalue weighted by atomic mass is 10.0. The van der Waals surface area contributed by atoms with E-state index >= 15 is 0 Å². The van der Waals surface area contributed by atoms with Gasteiger partial charge in [0.15, 0.2) is 5.82 Å². The normalized spacial score (nSPS) is 20.3. The zero-order valence-electron chi connectivity index (χ0n) is 15.7. The number of carbonyl (C=O) groups excluding carboxylic acids is 2. The Morgan fingerprint density at radius 2 is 2.26 bits per heavy atom. The molecule has 1 aliphatic carbocycles. The van der Waals surface area contributed by atoms with E-state index in [1.165, 1.54) is 10.9 Å². The van der Waals surface area contributed by atoms with Gasteiger partial charge in [-0.15, -0.1) is 5.10 Å². The van der Waals surface area contributed by atoms with Crippen LogP contribution in [0.4, 0.5) is 10.6 Å². The Bertz CT molecular complexity index is 800. The number of nitrogens with zero attached hydrogens (tertiary/aromatic N) is 4. The van der Waals surface area contributed by atoms with E-state index < -0.39 is 0 Å². The molecule has 2 heterocycles. The standard InChI is InChI=1S/C17H25N7O3/c1-4-10(2)19-17(26)27-12-6-5-11(7-12)13-8-15(22-21-13)20-16(25)14-9-18-23-24(14)3/h8-12H,4-7H2,1-3H3,(H,19,26)(H2,20,21,22,25)/t10-,11-,12+/m0/s1. The molecule has 0 aromatic carbocycles. The van der Waals surface area contributed by atoms with Crippen molar-refractivity contribution in [3.63, 3.8) is 0 Å². The number of alkyl carbamates (subject to hydrolysis) is 1. The molecule has 0 radical (unpaired) electrons. The van der Waals surface area contributed by atoms with Gasteiger partial charge in [0.1, 0.15) is 11.8 Å². The fraction of sp³-hybridized carbons (Fsp3) is 0.588. The summed E-state index contributed by atoms with van der Waals surface area (Å²) in [5.41, 5.74) is 1.27. The number of ether oxygens (including phenoxy) is 1. The van der Waals surface area contributed by atoms with E-state index in [0.717, 1.165) is 31.4 Å². The first kappa shape index (κ1) is 18.9. The fourth-order valence-corrected chi connectivity index (χ4v) is 3.10. The average molecular weight is 375 g/mol. The first-order valence-corrected chi connectivity index (χ1v) is 9.14. The van der Waals surface area contributed by atoms with Crippen molar-refractivity contribution in [1.29, 1.82) is 0 Å². The molecule has 2 aromatic heterocycles. The number of aryl methyl sites for hydroxylation is 1. The molecule has 0 saturated heterocycles. The predicted molar refractivity (Wildman–Crippen MR) is 97.3 cm³/mol. The summed E-state index contributed by atoms with van der Waals surface area (Å²) >= 11 is 0. The Morgan fingerprint density at radius 1 is 1.44 bits per heavy atom.